The lowest BCUT2D eigenvalue weighted by Gasteiger charge is -2.31. The number of nitrogens with one attached hydrogen (secondary N) is 1. The molecule has 0 spiro atoms. The number of amides is 1. The first-order chi connectivity index (χ1) is 8.06. The largest absolute Gasteiger partial charge is 0.344 e. The maximum Gasteiger partial charge on any atom is 0.222 e. The van der Waals surface area contributed by atoms with Crippen LogP contribution in [0.15, 0.2) is 5.38 Å². The molecule has 1 aromatic rings. The summed E-state index contributed by atoms with van der Waals surface area (Å²) in [6.07, 6.45) is 1.58. The minimum atomic E-state index is 0.250. The number of thiazole rings is 1. The van der Waals surface area contributed by atoms with Crippen LogP contribution in [-0.2, 0) is 4.79 Å². The van der Waals surface area contributed by atoms with Crippen LogP contribution in [0.5, 0.6) is 0 Å². The first-order valence-corrected chi connectivity index (χ1v) is 6.86. The van der Waals surface area contributed by atoms with Crippen molar-refractivity contribution in [2.45, 2.75) is 38.8 Å². The molecule has 2 unspecified atom stereocenters. The van der Waals surface area contributed by atoms with Crippen LogP contribution in [0.25, 0.3) is 0 Å². The Hall–Kier alpha value is -0.940. The Morgan fingerprint density at radius 2 is 2.41 bits per heavy atom. The SMILES string of the molecule is Cc1nc(C(C)NC2CCC(=O)N(C)C2)cs1. The van der Waals surface area contributed by atoms with Gasteiger partial charge < -0.3 is 10.2 Å². The summed E-state index contributed by atoms with van der Waals surface area (Å²) in [6.45, 7) is 4.95. The molecule has 0 radical (unpaired) electrons. The minimum Gasteiger partial charge on any atom is -0.344 e. The summed E-state index contributed by atoms with van der Waals surface area (Å²) < 4.78 is 0. The van der Waals surface area contributed by atoms with Gasteiger partial charge in [0.25, 0.3) is 0 Å². The van der Waals surface area contributed by atoms with Crippen molar-refractivity contribution in [1.82, 2.24) is 15.2 Å². The van der Waals surface area contributed by atoms with Crippen LogP contribution in [-0.4, -0.2) is 35.4 Å². The fourth-order valence-corrected chi connectivity index (χ4v) is 2.87. The van der Waals surface area contributed by atoms with Crippen molar-refractivity contribution in [3.63, 3.8) is 0 Å². The van der Waals surface area contributed by atoms with Gasteiger partial charge in [-0.25, -0.2) is 4.98 Å². The van der Waals surface area contributed by atoms with Gasteiger partial charge in [-0.05, 0) is 20.3 Å². The van der Waals surface area contributed by atoms with Gasteiger partial charge in [-0.2, -0.15) is 0 Å². The maximum atomic E-state index is 11.4. The van der Waals surface area contributed by atoms with Crippen LogP contribution in [0.4, 0.5) is 0 Å². The molecule has 1 fully saturated rings. The summed E-state index contributed by atoms with van der Waals surface area (Å²) in [6, 6.07) is 0.640. The molecule has 0 aliphatic carbocycles. The molecule has 2 rings (SSSR count). The summed E-state index contributed by atoms with van der Waals surface area (Å²) in [5.41, 5.74) is 1.10. The molecule has 1 aromatic heterocycles. The third kappa shape index (κ3) is 3.04. The van der Waals surface area contributed by atoms with Crippen molar-refractivity contribution in [1.29, 1.82) is 0 Å². The van der Waals surface area contributed by atoms with Crippen molar-refractivity contribution in [2.24, 2.45) is 0 Å². The molecular weight excluding hydrogens is 234 g/mol. The third-order valence-electron chi connectivity index (χ3n) is 3.19. The lowest BCUT2D eigenvalue weighted by atomic mass is 10.0. The van der Waals surface area contributed by atoms with E-state index in [0.29, 0.717) is 12.5 Å². The number of likely N-dealkylation sites (tertiary alicyclic amines) is 1. The van der Waals surface area contributed by atoms with Gasteiger partial charge in [0.05, 0.1) is 10.7 Å². The first kappa shape index (κ1) is 12.5. The van der Waals surface area contributed by atoms with Crippen molar-refractivity contribution >= 4 is 17.2 Å². The van der Waals surface area contributed by atoms with Gasteiger partial charge in [-0.3, -0.25) is 4.79 Å². The Balaban J connectivity index is 1.91. The lowest BCUT2D eigenvalue weighted by Crippen LogP contribution is -2.47. The van der Waals surface area contributed by atoms with E-state index in [1.807, 2.05) is 14.0 Å². The Bertz CT molecular complexity index is 404. The van der Waals surface area contributed by atoms with Crippen molar-refractivity contribution in [2.75, 3.05) is 13.6 Å². The zero-order valence-corrected chi connectivity index (χ0v) is 11.4. The molecule has 17 heavy (non-hydrogen) atoms. The van der Waals surface area contributed by atoms with Crippen LogP contribution >= 0.6 is 11.3 Å². The maximum absolute atomic E-state index is 11.4. The molecule has 0 aromatic carbocycles. The van der Waals surface area contributed by atoms with E-state index in [1.54, 1.807) is 16.2 Å². The van der Waals surface area contributed by atoms with Gasteiger partial charge in [-0.1, -0.05) is 0 Å². The number of nitrogens with zero attached hydrogens (tertiary/aromatic N) is 2. The lowest BCUT2D eigenvalue weighted by molar-refractivity contribution is -0.132. The zero-order valence-electron chi connectivity index (χ0n) is 10.6. The van der Waals surface area contributed by atoms with Gasteiger partial charge in [0.1, 0.15) is 0 Å². The van der Waals surface area contributed by atoms with Crippen LogP contribution < -0.4 is 5.32 Å². The minimum absolute atomic E-state index is 0.250. The van der Waals surface area contributed by atoms with Crippen molar-refractivity contribution in [3.05, 3.63) is 16.1 Å². The number of hydrogen-bond acceptors (Lipinski definition) is 4. The fourth-order valence-electron chi connectivity index (χ4n) is 2.17. The molecule has 0 bridgehead atoms. The van der Waals surface area contributed by atoms with E-state index >= 15 is 0 Å². The summed E-state index contributed by atoms with van der Waals surface area (Å²) in [7, 11) is 1.87. The Morgan fingerprint density at radius 3 is 3.00 bits per heavy atom. The smallest absolute Gasteiger partial charge is 0.222 e. The van der Waals surface area contributed by atoms with E-state index in [1.165, 1.54) is 0 Å². The second kappa shape index (κ2) is 5.14. The number of aryl methyl sites for hydroxylation is 1. The third-order valence-corrected chi connectivity index (χ3v) is 3.98. The second-order valence-electron chi connectivity index (χ2n) is 4.69. The molecule has 1 saturated heterocycles. The molecule has 2 atom stereocenters. The number of rotatable bonds is 3. The number of hydrogen-bond donors (Lipinski definition) is 1. The molecule has 1 aliphatic rings. The highest BCUT2D eigenvalue weighted by atomic mass is 32.1. The van der Waals surface area contributed by atoms with Gasteiger partial charge >= 0.3 is 0 Å². The summed E-state index contributed by atoms with van der Waals surface area (Å²) in [5.74, 6) is 0.250. The van der Waals surface area contributed by atoms with Gasteiger partial charge in [-0.15, -0.1) is 11.3 Å². The normalized spacial score (nSPS) is 22.9. The van der Waals surface area contributed by atoms with Crippen LogP contribution in [0.2, 0.25) is 0 Å². The standard InChI is InChI=1S/C12H19N3OS/c1-8(11-7-17-9(2)14-11)13-10-4-5-12(16)15(3)6-10/h7-8,10,13H,4-6H2,1-3H3. The molecule has 1 aliphatic heterocycles. The molecule has 1 N–H and O–H groups in total. The number of aromatic nitrogens is 1. The second-order valence-corrected chi connectivity index (χ2v) is 5.75. The highest BCUT2D eigenvalue weighted by molar-refractivity contribution is 7.09. The average Bonchev–Trinajstić information content (AvgIpc) is 2.70. The summed E-state index contributed by atoms with van der Waals surface area (Å²) in [5, 5.41) is 6.75. The Labute approximate surface area is 106 Å². The van der Waals surface area contributed by atoms with Gasteiger partial charge in [0.2, 0.25) is 5.91 Å². The van der Waals surface area contributed by atoms with Gasteiger partial charge in [0.15, 0.2) is 0 Å². The number of likely N-dealkylation sites (N-methyl/N-ethyl adjacent to an activating group) is 1. The molecule has 5 heteroatoms. The molecule has 0 saturated carbocycles. The zero-order chi connectivity index (χ0) is 12.4. The molecular formula is C12H19N3OS. The van der Waals surface area contributed by atoms with Crippen LogP contribution in [0.3, 0.4) is 0 Å². The highest BCUT2D eigenvalue weighted by Crippen LogP contribution is 2.18. The number of carbonyl (C=O) groups is 1. The highest BCUT2D eigenvalue weighted by Gasteiger charge is 2.24. The van der Waals surface area contributed by atoms with E-state index in [4.69, 9.17) is 0 Å². The molecule has 2 heterocycles. The number of piperidine rings is 1. The van der Waals surface area contributed by atoms with E-state index in [-0.39, 0.29) is 11.9 Å². The predicted molar refractivity (Wildman–Crippen MR) is 69.1 cm³/mol. The predicted octanol–water partition coefficient (Wildman–Crippen LogP) is 1.72. The monoisotopic (exact) mass is 253 g/mol. The fraction of sp³-hybridized carbons (Fsp3) is 0.667. The van der Waals surface area contributed by atoms with E-state index < -0.39 is 0 Å². The summed E-state index contributed by atoms with van der Waals surface area (Å²) >= 11 is 1.68. The van der Waals surface area contributed by atoms with Gasteiger partial charge in [0, 0.05) is 37.5 Å². The molecule has 1 amide bonds. The van der Waals surface area contributed by atoms with E-state index in [0.717, 1.165) is 23.7 Å². The Kier molecular flexibility index (Phi) is 3.79. The van der Waals surface area contributed by atoms with Crippen LogP contribution in [0, 0.1) is 6.92 Å². The summed E-state index contributed by atoms with van der Waals surface area (Å²) in [4.78, 5) is 17.7. The van der Waals surface area contributed by atoms with E-state index in [2.05, 4.69) is 22.6 Å². The first-order valence-electron chi connectivity index (χ1n) is 5.98. The molecule has 4 nitrogen and oxygen atoms in total. The average molecular weight is 253 g/mol. The number of carbonyl (C=O) groups excluding carboxylic acids is 1. The van der Waals surface area contributed by atoms with Crippen LogP contribution in [0.1, 0.15) is 36.5 Å². The van der Waals surface area contributed by atoms with Crippen molar-refractivity contribution in [3.8, 4) is 0 Å². The quantitative estimate of drug-likeness (QED) is 0.892. The molecule has 94 valence electrons. The Morgan fingerprint density at radius 1 is 1.65 bits per heavy atom. The van der Waals surface area contributed by atoms with E-state index in [9.17, 15) is 4.79 Å². The topological polar surface area (TPSA) is 45.2 Å². The van der Waals surface area contributed by atoms with Crippen molar-refractivity contribution < 1.29 is 4.79 Å².